The van der Waals surface area contributed by atoms with Crippen molar-refractivity contribution in [1.29, 1.82) is 0 Å². The van der Waals surface area contributed by atoms with Crippen molar-refractivity contribution in [2.45, 2.75) is 19.4 Å². The monoisotopic (exact) mass is 336 g/mol. The van der Waals surface area contributed by atoms with E-state index in [9.17, 15) is 0 Å². The zero-order chi connectivity index (χ0) is 16.4. The first-order valence-electron chi connectivity index (χ1n) is 7.75. The summed E-state index contributed by atoms with van der Waals surface area (Å²) in [5, 5.41) is 20.3. The first-order chi connectivity index (χ1) is 11.8. The molecule has 0 atom stereocenters. The lowest BCUT2D eigenvalue weighted by Gasteiger charge is -2.00. The minimum atomic E-state index is 0.518. The summed E-state index contributed by atoms with van der Waals surface area (Å²) in [6.45, 7) is 0.792. The SMILES string of the molecule is Nc1nnc(CCCn2cc(-c3ccc4ccccc4c3)nn2)s1. The van der Waals surface area contributed by atoms with Gasteiger partial charge in [0.25, 0.3) is 0 Å². The zero-order valence-electron chi connectivity index (χ0n) is 13.0. The second-order valence-electron chi connectivity index (χ2n) is 5.57. The summed E-state index contributed by atoms with van der Waals surface area (Å²) in [4.78, 5) is 0. The molecule has 6 nitrogen and oxygen atoms in total. The molecule has 4 rings (SSSR count). The topological polar surface area (TPSA) is 82.5 Å². The zero-order valence-corrected chi connectivity index (χ0v) is 13.8. The van der Waals surface area contributed by atoms with Crippen LogP contribution in [0.2, 0.25) is 0 Å². The highest BCUT2D eigenvalue weighted by molar-refractivity contribution is 7.15. The van der Waals surface area contributed by atoms with Crippen LogP contribution in [0.1, 0.15) is 11.4 Å². The van der Waals surface area contributed by atoms with Crippen molar-refractivity contribution >= 4 is 27.2 Å². The van der Waals surface area contributed by atoms with Crippen molar-refractivity contribution in [3.8, 4) is 11.3 Å². The first-order valence-corrected chi connectivity index (χ1v) is 8.57. The molecule has 0 radical (unpaired) electrons. The normalized spacial score (nSPS) is 11.2. The molecule has 0 unspecified atom stereocenters. The predicted molar refractivity (Wildman–Crippen MR) is 95.6 cm³/mol. The maximum absolute atomic E-state index is 5.59. The van der Waals surface area contributed by atoms with Crippen molar-refractivity contribution in [2.24, 2.45) is 0 Å². The molecule has 24 heavy (non-hydrogen) atoms. The highest BCUT2D eigenvalue weighted by Crippen LogP contribution is 2.22. The molecule has 0 bridgehead atoms. The number of fused-ring (bicyclic) bond motifs is 1. The largest absolute Gasteiger partial charge is 0.374 e. The van der Waals surface area contributed by atoms with Gasteiger partial charge in [-0.1, -0.05) is 52.9 Å². The Balaban J connectivity index is 1.45. The van der Waals surface area contributed by atoms with E-state index in [0.717, 1.165) is 35.7 Å². The van der Waals surface area contributed by atoms with E-state index in [4.69, 9.17) is 5.73 Å². The van der Waals surface area contributed by atoms with Gasteiger partial charge in [-0.15, -0.1) is 15.3 Å². The average Bonchev–Trinajstić information content (AvgIpc) is 3.24. The summed E-state index contributed by atoms with van der Waals surface area (Å²) in [6.07, 6.45) is 3.76. The Hall–Kier alpha value is -2.80. The fourth-order valence-electron chi connectivity index (χ4n) is 2.65. The number of aromatic nitrogens is 5. The van der Waals surface area contributed by atoms with Crippen LogP contribution in [0, 0.1) is 0 Å². The molecule has 4 aromatic rings. The summed E-state index contributed by atoms with van der Waals surface area (Å²) in [5.74, 6) is 0. The first kappa shape index (κ1) is 14.8. The van der Waals surface area contributed by atoms with E-state index >= 15 is 0 Å². The summed E-state index contributed by atoms with van der Waals surface area (Å²) < 4.78 is 1.87. The van der Waals surface area contributed by atoms with Crippen LogP contribution < -0.4 is 5.73 Å². The number of hydrogen-bond donors (Lipinski definition) is 1. The van der Waals surface area contributed by atoms with E-state index in [0.29, 0.717) is 5.13 Å². The lowest BCUT2D eigenvalue weighted by Crippen LogP contribution is -2.00. The lowest BCUT2D eigenvalue weighted by atomic mass is 10.1. The van der Waals surface area contributed by atoms with Crippen molar-refractivity contribution in [2.75, 3.05) is 5.73 Å². The van der Waals surface area contributed by atoms with Crippen molar-refractivity contribution in [1.82, 2.24) is 25.2 Å². The number of nitrogens with two attached hydrogens (primary N) is 1. The van der Waals surface area contributed by atoms with Gasteiger partial charge in [0.1, 0.15) is 10.7 Å². The fourth-order valence-corrected chi connectivity index (χ4v) is 3.30. The quantitative estimate of drug-likeness (QED) is 0.605. The maximum atomic E-state index is 5.59. The number of anilines is 1. The third kappa shape index (κ3) is 3.11. The summed E-state index contributed by atoms with van der Waals surface area (Å²) in [5.41, 5.74) is 7.56. The van der Waals surface area contributed by atoms with E-state index in [1.807, 2.05) is 23.0 Å². The van der Waals surface area contributed by atoms with E-state index in [1.54, 1.807) is 0 Å². The van der Waals surface area contributed by atoms with Crippen LogP contribution >= 0.6 is 11.3 Å². The van der Waals surface area contributed by atoms with Gasteiger partial charge in [-0.05, 0) is 23.3 Å². The van der Waals surface area contributed by atoms with E-state index in [1.165, 1.54) is 22.1 Å². The number of nitrogen functional groups attached to an aromatic ring is 1. The third-order valence-corrected chi connectivity index (χ3v) is 4.66. The van der Waals surface area contributed by atoms with Crippen molar-refractivity contribution in [3.05, 3.63) is 53.7 Å². The molecular formula is C17H16N6S. The van der Waals surface area contributed by atoms with Crippen LogP contribution in [0.3, 0.4) is 0 Å². The molecule has 0 saturated heterocycles. The van der Waals surface area contributed by atoms with Crippen LogP contribution in [-0.4, -0.2) is 25.2 Å². The molecule has 0 spiro atoms. The Morgan fingerprint density at radius 3 is 2.71 bits per heavy atom. The number of benzene rings is 2. The second-order valence-corrected chi connectivity index (χ2v) is 6.66. The van der Waals surface area contributed by atoms with Crippen LogP contribution in [0.25, 0.3) is 22.0 Å². The third-order valence-electron chi connectivity index (χ3n) is 3.84. The van der Waals surface area contributed by atoms with Gasteiger partial charge in [-0.25, -0.2) is 0 Å². The van der Waals surface area contributed by atoms with Gasteiger partial charge in [-0.2, -0.15) is 0 Å². The van der Waals surface area contributed by atoms with Gasteiger partial charge in [0, 0.05) is 18.5 Å². The highest BCUT2D eigenvalue weighted by atomic mass is 32.1. The Morgan fingerprint density at radius 2 is 1.88 bits per heavy atom. The molecule has 0 aliphatic heterocycles. The Kier molecular flexibility index (Phi) is 3.92. The molecule has 120 valence electrons. The molecule has 0 fully saturated rings. The van der Waals surface area contributed by atoms with E-state index in [-0.39, 0.29) is 0 Å². The van der Waals surface area contributed by atoms with Crippen LogP contribution in [0.15, 0.2) is 48.7 Å². The summed E-state index contributed by atoms with van der Waals surface area (Å²) >= 11 is 1.44. The van der Waals surface area contributed by atoms with E-state index < -0.39 is 0 Å². The van der Waals surface area contributed by atoms with Gasteiger partial charge in [-0.3, -0.25) is 4.68 Å². The second kappa shape index (κ2) is 6.37. The fraction of sp³-hybridized carbons (Fsp3) is 0.176. The molecule has 0 aliphatic rings. The molecule has 2 N–H and O–H groups in total. The molecule has 2 aromatic carbocycles. The van der Waals surface area contributed by atoms with Gasteiger partial charge in [0.15, 0.2) is 0 Å². The smallest absolute Gasteiger partial charge is 0.203 e. The van der Waals surface area contributed by atoms with Gasteiger partial charge < -0.3 is 5.73 Å². The molecule has 0 aliphatic carbocycles. The number of nitrogens with zero attached hydrogens (tertiary/aromatic N) is 5. The van der Waals surface area contributed by atoms with Crippen LogP contribution in [0.5, 0.6) is 0 Å². The van der Waals surface area contributed by atoms with Crippen LogP contribution in [0.4, 0.5) is 5.13 Å². The molecule has 7 heteroatoms. The van der Waals surface area contributed by atoms with Gasteiger partial charge in [0.2, 0.25) is 5.13 Å². The molecule has 0 amide bonds. The molecule has 2 heterocycles. The summed E-state index contributed by atoms with van der Waals surface area (Å²) in [6, 6.07) is 14.7. The van der Waals surface area contributed by atoms with Crippen molar-refractivity contribution in [3.63, 3.8) is 0 Å². The van der Waals surface area contributed by atoms with Gasteiger partial charge in [0.05, 0.1) is 6.20 Å². The van der Waals surface area contributed by atoms with Crippen molar-refractivity contribution < 1.29 is 0 Å². The summed E-state index contributed by atoms with van der Waals surface area (Å²) in [7, 11) is 0. The molecular weight excluding hydrogens is 320 g/mol. The number of aryl methyl sites for hydroxylation is 2. The van der Waals surface area contributed by atoms with Gasteiger partial charge >= 0.3 is 0 Å². The number of hydrogen-bond acceptors (Lipinski definition) is 6. The predicted octanol–water partition coefficient (Wildman–Crippen LogP) is 3.16. The van der Waals surface area contributed by atoms with Crippen LogP contribution in [-0.2, 0) is 13.0 Å². The standard InChI is InChI=1S/C17H16N6S/c18-17-21-20-16(24-17)6-3-9-23-11-15(19-22-23)14-8-7-12-4-1-2-5-13(12)10-14/h1-2,4-5,7-8,10-11H,3,6,9H2,(H2,18,21). The minimum absolute atomic E-state index is 0.518. The number of rotatable bonds is 5. The highest BCUT2D eigenvalue weighted by Gasteiger charge is 2.06. The Morgan fingerprint density at radius 1 is 1.00 bits per heavy atom. The maximum Gasteiger partial charge on any atom is 0.203 e. The lowest BCUT2D eigenvalue weighted by molar-refractivity contribution is 0.557. The minimum Gasteiger partial charge on any atom is -0.374 e. The molecule has 2 aromatic heterocycles. The molecule has 0 saturated carbocycles. The Labute approximate surface area is 143 Å². The Bertz CT molecular complexity index is 974. The average molecular weight is 336 g/mol. The van der Waals surface area contributed by atoms with E-state index in [2.05, 4.69) is 50.8 Å².